The predicted octanol–water partition coefficient (Wildman–Crippen LogP) is 3.49. The molecule has 3 nitrogen and oxygen atoms in total. The van der Waals surface area contributed by atoms with Gasteiger partial charge in [-0.2, -0.15) is 0 Å². The Kier molecular flexibility index (Phi) is 4.13. The second-order valence-corrected chi connectivity index (χ2v) is 5.58. The van der Waals surface area contributed by atoms with Crippen molar-refractivity contribution in [3.63, 3.8) is 0 Å². The van der Waals surface area contributed by atoms with E-state index in [1.165, 1.54) is 0 Å². The third-order valence-corrected chi connectivity index (χ3v) is 4.07. The molecule has 0 unspecified atom stereocenters. The highest BCUT2D eigenvalue weighted by atomic mass is 16.5. The van der Waals surface area contributed by atoms with E-state index in [0.29, 0.717) is 12.2 Å². The number of hydrogen-bond acceptors (Lipinski definition) is 3. The summed E-state index contributed by atoms with van der Waals surface area (Å²) in [7, 11) is 3.30. The molecule has 0 heterocycles. The molecule has 3 heteroatoms. The third-order valence-electron chi connectivity index (χ3n) is 4.07. The van der Waals surface area contributed by atoms with Gasteiger partial charge in [-0.25, -0.2) is 0 Å². The first-order valence-electron chi connectivity index (χ1n) is 6.83. The highest BCUT2D eigenvalue weighted by Crippen LogP contribution is 2.39. The van der Waals surface area contributed by atoms with Gasteiger partial charge in [0.2, 0.25) is 0 Å². The molecular weight excluding hydrogens is 240 g/mol. The summed E-state index contributed by atoms with van der Waals surface area (Å²) in [6, 6.07) is 5.92. The Bertz CT molecular complexity index is 445. The number of rotatable bonds is 3. The fourth-order valence-corrected chi connectivity index (χ4v) is 2.85. The first kappa shape index (κ1) is 13.9. The molecule has 104 valence electrons. The average Bonchev–Trinajstić information content (AvgIpc) is 2.60. The SMILES string of the molecule is COc1cc(OC)cc([C@]2(C)CCCCC(=O)C2)c1. The quantitative estimate of drug-likeness (QED) is 0.782. The van der Waals surface area contributed by atoms with E-state index in [2.05, 4.69) is 6.92 Å². The molecule has 2 rings (SSSR count). The summed E-state index contributed by atoms with van der Waals surface area (Å²) >= 11 is 0. The lowest BCUT2D eigenvalue weighted by Gasteiger charge is -2.28. The van der Waals surface area contributed by atoms with Gasteiger partial charge in [0, 0.05) is 18.9 Å². The lowest BCUT2D eigenvalue weighted by molar-refractivity contribution is -0.119. The molecule has 1 aromatic carbocycles. The molecule has 0 N–H and O–H groups in total. The van der Waals surface area contributed by atoms with Crippen LogP contribution in [0.3, 0.4) is 0 Å². The molecule has 0 radical (unpaired) electrons. The fourth-order valence-electron chi connectivity index (χ4n) is 2.85. The number of carbonyl (C=O) groups excluding carboxylic acids is 1. The molecular formula is C16H22O3. The molecule has 1 aliphatic rings. The van der Waals surface area contributed by atoms with Gasteiger partial charge in [0.05, 0.1) is 14.2 Å². The Morgan fingerprint density at radius 1 is 1.05 bits per heavy atom. The van der Waals surface area contributed by atoms with Gasteiger partial charge in [-0.05, 0) is 36.0 Å². The lowest BCUT2D eigenvalue weighted by atomic mass is 9.76. The van der Waals surface area contributed by atoms with Crippen molar-refractivity contribution in [3.8, 4) is 11.5 Å². The van der Waals surface area contributed by atoms with Gasteiger partial charge in [0.1, 0.15) is 17.3 Å². The van der Waals surface area contributed by atoms with Gasteiger partial charge in [-0.1, -0.05) is 13.3 Å². The topological polar surface area (TPSA) is 35.5 Å². The average molecular weight is 262 g/mol. The standard InChI is InChI=1S/C16H22O3/c1-16(7-5-4-6-13(17)11-16)12-8-14(18-2)10-15(9-12)19-3/h8-10H,4-7,11H2,1-3H3/t16-/m1/s1. The van der Waals surface area contributed by atoms with Gasteiger partial charge in [0.25, 0.3) is 0 Å². The van der Waals surface area contributed by atoms with E-state index in [4.69, 9.17) is 9.47 Å². The van der Waals surface area contributed by atoms with Crippen molar-refractivity contribution in [1.29, 1.82) is 0 Å². The molecule has 0 saturated heterocycles. The Morgan fingerprint density at radius 2 is 1.68 bits per heavy atom. The summed E-state index contributed by atoms with van der Waals surface area (Å²) in [5.41, 5.74) is 1.04. The van der Waals surface area contributed by atoms with Crippen molar-refractivity contribution < 1.29 is 14.3 Å². The van der Waals surface area contributed by atoms with Crippen LogP contribution >= 0.6 is 0 Å². The van der Waals surface area contributed by atoms with E-state index in [1.807, 2.05) is 18.2 Å². The van der Waals surface area contributed by atoms with Gasteiger partial charge >= 0.3 is 0 Å². The maximum atomic E-state index is 11.9. The van der Waals surface area contributed by atoms with Crippen molar-refractivity contribution in [2.75, 3.05) is 14.2 Å². The number of ketones is 1. The second kappa shape index (κ2) is 5.64. The predicted molar refractivity (Wildman–Crippen MR) is 75.0 cm³/mol. The number of hydrogen-bond donors (Lipinski definition) is 0. The molecule has 1 aromatic rings. The van der Waals surface area contributed by atoms with Crippen LogP contribution in [-0.2, 0) is 10.2 Å². The van der Waals surface area contributed by atoms with Crippen molar-refractivity contribution in [2.24, 2.45) is 0 Å². The van der Waals surface area contributed by atoms with Crippen molar-refractivity contribution in [3.05, 3.63) is 23.8 Å². The van der Waals surface area contributed by atoms with Crippen molar-refractivity contribution in [2.45, 2.75) is 44.4 Å². The molecule has 1 atom stereocenters. The van der Waals surface area contributed by atoms with Crippen LogP contribution in [0.2, 0.25) is 0 Å². The van der Waals surface area contributed by atoms with Crippen LogP contribution in [0.4, 0.5) is 0 Å². The van der Waals surface area contributed by atoms with Gasteiger partial charge < -0.3 is 9.47 Å². The number of benzene rings is 1. The molecule has 1 saturated carbocycles. The monoisotopic (exact) mass is 262 g/mol. The molecule has 1 aliphatic carbocycles. The van der Waals surface area contributed by atoms with Gasteiger partial charge in [0.15, 0.2) is 0 Å². The molecule has 1 fully saturated rings. The van der Waals surface area contributed by atoms with E-state index >= 15 is 0 Å². The molecule has 0 aliphatic heterocycles. The van der Waals surface area contributed by atoms with Crippen LogP contribution < -0.4 is 9.47 Å². The van der Waals surface area contributed by atoms with E-state index in [1.54, 1.807) is 14.2 Å². The van der Waals surface area contributed by atoms with Crippen molar-refractivity contribution in [1.82, 2.24) is 0 Å². The lowest BCUT2D eigenvalue weighted by Crippen LogP contribution is -2.24. The third kappa shape index (κ3) is 3.09. The molecule has 0 spiro atoms. The number of methoxy groups -OCH3 is 2. The highest BCUT2D eigenvalue weighted by Gasteiger charge is 2.32. The minimum atomic E-state index is -0.102. The number of ether oxygens (including phenoxy) is 2. The second-order valence-electron chi connectivity index (χ2n) is 5.58. The van der Waals surface area contributed by atoms with Crippen LogP contribution in [0.15, 0.2) is 18.2 Å². The first-order valence-corrected chi connectivity index (χ1v) is 6.83. The summed E-state index contributed by atoms with van der Waals surface area (Å²) in [6.45, 7) is 2.17. The Hall–Kier alpha value is -1.51. The summed E-state index contributed by atoms with van der Waals surface area (Å²) in [5, 5.41) is 0. The Morgan fingerprint density at radius 3 is 2.26 bits per heavy atom. The maximum absolute atomic E-state index is 11.9. The molecule has 0 bridgehead atoms. The largest absolute Gasteiger partial charge is 0.497 e. The molecule has 0 aromatic heterocycles. The zero-order valence-electron chi connectivity index (χ0n) is 12.0. The molecule has 0 amide bonds. The fraction of sp³-hybridized carbons (Fsp3) is 0.562. The highest BCUT2D eigenvalue weighted by molar-refractivity contribution is 5.80. The van der Waals surface area contributed by atoms with Crippen LogP contribution in [0.5, 0.6) is 11.5 Å². The van der Waals surface area contributed by atoms with Gasteiger partial charge in [-0.3, -0.25) is 4.79 Å². The van der Waals surface area contributed by atoms with Crippen molar-refractivity contribution >= 4 is 5.78 Å². The smallest absolute Gasteiger partial charge is 0.133 e. The van der Waals surface area contributed by atoms with E-state index in [-0.39, 0.29) is 5.41 Å². The summed E-state index contributed by atoms with van der Waals surface area (Å²) < 4.78 is 10.7. The first-order chi connectivity index (χ1) is 9.07. The summed E-state index contributed by atoms with van der Waals surface area (Å²) in [4.78, 5) is 11.9. The van der Waals surface area contributed by atoms with Crippen LogP contribution in [0.1, 0.15) is 44.6 Å². The Labute approximate surface area is 114 Å². The zero-order chi connectivity index (χ0) is 13.9. The number of Topliss-reactive ketones (excluding diaryl/α,β-unsaturated/α-hetero) is 1. The summed E-state index contributed by atoms with van der Waals surface area (Å²) in [6.07, 6.45) is 4.48. The minimum Gasteiger partial charge on any atom is -0.497 e. The number of carbonyl (C=O) groups is 1. The van der Waals surface area contributed by atoms with Crippen LogP contribution in [-0.4, -0.2) is 20.0 Å². The van der Waals surface area contributed by atoms with Crippen LogP contribution in [0.25, 0.3) is 0 Å². The summed E-state index contributed by atoms with van der Waals surface area (Å²) in [5.74, 6) is 1.93. The minimum absolute atomic E-state index is 0.102. The Balaban J connectivity index is 2.40. The van der Waals surface area contributed by atoms with Crippen LogP contribution in [0, 0.1) is 0 Å². The van der Waals surface area contributed by atoms with E-state index in [0.717, 1.165) is 42.7 Å². The molecule has 19 heavy (non-hydrogen) atoms. The van der Waals surface area contributed by atoms with Gasteiger partial charge in [-0.15, -0.1) is 0 Å². The van der Waals surface area contributed by atoms with E-state index in [9.17, 15) is 4.79 Å². The normalized spacial score (nSPS) is 23.8. The maximum Gasteiger partial charge on any atom is 0.133 e. The van der Waals surface area contributed by atoms with E-state index < -0.39 is 0 Å². The zero-order valence-corrected chi connectivity index (χ0v) is 12.0.